The third-order valence-electron chi connectivity index (χ3n) is 5.47. The van der Waals surface area contributed by atoms with E-state index in [0.29, 0.717) is 26.7 Å². The van der Waals surface area contributed by atoms with Crippen molar-refractivity contribution in [3.05, 3.63) is 0 Å². The van der Waals surface area contributed by atoms with Gasteiger partial charge in [-0.1, -0.05) is 0 Å². The van der Waals surface area contributed by atoms with Crippen LogP contribution in [0.2, 0.25) is 0 Å². The van der Waals surface area contributed by atoms with E-state index in [1.165, 1.54) is 0 Å². The molecule has 2 N–H and O–H groups in total. The lowest BCUT2D eigenvalue weighted by molar-refractivity contribution is -0.926. The van der Waals surface area contributed by atoms with Gasteiger partial charge < -0.3 is 29.6 Å². The van der Waals surface area contributed by atoms with Crippen molar-refractivity contribution in [3.8, 4) is 0 Å². The van der Waals surface area contributed by atoms with Gasteiger partial charge in [-0.25, -0.2) is 9.59 Å². The smallest absolute Gasteiger partial charge is 0.332 e. The molecule has 4 fully saturated rings. The Kier molecular flexibility index (Phi) is 3.88. The summed E-state index contributed by atoms with van der Waals surface area (Å²) in [6.07, 6.45) is -1.02. The van der Waals surface area contributed by atoms with Gasteiger partial charge in [-0.05, 0) is 0 Å². The van der Waals surface area contributed by atoms with Gasteiger partial charge in [0.25, 0.3) is 0 Å². The average molecular weight is 368 g/mol. The molecule has 26 heavy (non-hydrogen) atoms. The number of carbonyl (C=O) groups is 4. The number of carboxylic acid groups (broad SMARTS) is 2. The molecule has 4 aliphatic rings. The number of amides is 4. The van der Waals surface area contributed by atoms with Crippen LogP contribution in [0.1, 0.15) is 12.8 Å². The first-order valence-corrected chi connectivity index (χ1v) is 8.58. The van der Waals surface area contributed by atoms with Gasteiger partial charge in [0, 0.05) is 24.8 Å². The summed E-state index contributed by atoms with van der Waals surface area (Å²) in [4.78, 5) is 55.1. The quantitative estimate of drug-likeness (QED) is 0.478. The molecule has 0 atom stereocenters. The van der Waals surface area contributed by atoms with E-state index in [1.807, 2.05) is 0 Å². The van der Waals surface area contributed by atoms with E-state index in [2.05, 4.69) is 0 Å². The maximum atomic E-state index is 12.8. The molecule has 0 unspecified atom stereocenters. The molecule has 0 aromatic heterocycles. The van der Waals surface area contributed by atoms with Gasteiger partial charge in [0.1, 0.15) is 0 Å². The molecule has 0 aliphatic carbocycles. The molecule has 4 rings (SSSR count). The van der Waals surface area contributed by atoms with Crippen LogP contribution in [0.15, 0.2) is 0 Å². The first kappa shape index (κ1) is 16.8. The zero-order chi connectivity index (χ0) is 18.6. The Bertz CT molecular complexity index is 584. The van der Waals surface area contributed by atoms with Crippen LogP contribution in [0.25, 0.3) is 0 Å². The van der Waals surface area contributed by atoms with E-state index in [4.69, 9.17) is 0 Å². The zero-order valence-corrected chi connectivity index (χ0v) is 14.0. The largest absolute Gasteiger partial charge is 0.550 e. The van der Waals surface area contributed by atoms with Crippen molar-refractivity contribution in [1.29, 1.82) is 0 Å². The Balaban J connectivity index is 1.53. The van der Waals surface area contributed by atoms with Crippen molar-refractivity contribution in [2.24, 2.45) is 0 Å². The van der Waals surface area contributed by atoms with E-state index < -0.39 is 11.9 Å². The number of aliphatic carboxylic acids is 2. The summed E-state index contributed by atoms with van der Waals surface area (Å²) in [6, 6.07) is -0.419. The summed E-state index contributed by atoms with van der Waals surface area (Å²) < 4.78 is 0. The third-order valence-corrected chi connectivity index (χ3v) is 5.47. The van der Waals surface area contributed by atoms with Gasteiger partial charge in [-0.15, -0.1) is 0 Å². The Morgan fingerprint density at radius 1 is 0.769 bits per heavy atom. The van der Waals surface area contributed by atoms with Crippen LogP contribution in [0.3, 0.4) is 0 Å². The molecule has 4 saturated heterocycles. The van der Waals surface area contributed by atoms with Crippen LogP contribution in [0.5, 0.6) is 0 Å². The van der Waals surface area contributed by atoms with Crippen LogP contribution in [0.4, 0.5) is 9.59 Å². The average Bonchev–Trinajstić information content (AvgIpc) is 3.04. The Labute approximate surface area is 148 Å². The molecule has 0 saturated carbocycles. The van der Waals surface area contributed by atoms with Gasteiger partial charge in [0.15, 0.2) is 39.0 Å². The van der Waals surface area contributed by atoms with E-state index >= 15 is 0 Å². The van der Waals surface area contributed by atoms with E-state index in [0.717, 1.165) is 9.80 Å². The third kappa shape index (κ3) is 2.52. The summed E-state index contributed by atoms with van der Waals surface area (Å²) >= 11 is 0. The molecule has 4 amide bonds. The molecule has 0 aromatic rings. The molecule has 12 nitrogen and oxygen atoms in total. The van der Waals surface area contributed by atoms with Crippen LogP contribution in [0, 0.1) is 0 Å². The Morgan fingerprint density at radius 3 is 1.35 bits per heavy atom. The minimum atomic E-state index is -1.16. The highest BCUT2D eigenvalue weighted by Crippen LogP contribution is 2.34. The molecule has 12 heteroatoms. The van der Waals surface area contributed by atoms with Gasteiger partial charge >= 0.3 is 12.1 Å². The SMILES string of the molecule is O=C([O-])CC[NH+]1CN2C(=O)N3C[NH+](CCC(=O)[O-])CN4C(=O)N(C1)C2C34. The molecular weight excluding hydrogens is 348 g/mol. The second-order valence-corrected chi connectivity index (χ2v) is 7.15. The molecule has 0 spiro atoms. The molecule has 0 radical (unpaired) electrons. The normalized spacial score (nSPS) is 32.3. The molecule has 4 heterocycles. The summed E-state index contributed by atoms with van der Waals surface area (Å²) in [5, 5.41) is 21.4. The lowest BCUT2D eigenvalue weighted by Gasteiger charge is -2.39. The first-order chi connectivity index (χ1) is 12.4. The van der Waals surface area contributed by atoms with Crippen LogP contribution in [-0.4, -0.2) is 95.7 Å². The second kappa shape index (κ2) is 5.99. The maximum Gasteiger partial charge on any atom is 0.332 e. The fraction of sp³-hybridized carbons (Fsp3) is 0.714. The van der Waals surface area contributed by atoms with Gasteiger partial charge in [0.2, 0.25) is 0 Å². The first-order valence-electron chi connectivity index (χ1n) is 8.58. The molecule has 142 valence electrons. The van der Waals surface area contributed by atoms with Crippen LogP contribution >= 0.6 is 0 Å². The number of quaternary nitrogens is 2. The topological polar surface area (TPSA) is 136 Å². The summed E-state index contributed by atoms with van der Waals surface area (Å²) in [6.45, 7) is 1.86. The maximum absolute atomic E-state index is 12.8. The van der Waals surface area contributed by atoms with Crippen molar-refractivity contribution >= 4 is 24.0 Å². The van der Waals surface area contributed by atoms with Crippen molar-refractivity contribution in [1.82, 2.24) is 19.6 Å². The molecular formula is C14H20N6O6. The Hall–Kier alpha value is -2.60. The number of nitrogens with zero attached hydrogens (tertiary/aromatic N) is 4. The molecule has 4 aliphatic heterocycles. The van der Waals surface area contributed by atoms with Crippen molar-refractivity contribution in [2.75, 3.05) is 39.8 Å². The van der Waals surface area contributed by atoms with Gasteiger partial charge in [-0.2, -0.15) is 0 Å². The Morgan fingerprint density at radius 2 is 1.08 bits per heavy atom. The minimum Gasteiger partial charge on any atom is -0.550 e. The van der Waals surface area contributed by atoms with E-state index in [9.17, 15) is 29.4 Å². The number of urea groups is 2. The molecule has 0 bridgehead atoms. The predicted octanol–water partition coefficient (Wildman–Crippen LogP) is -6.98. The van der Waals surface area contributed by atoms with Gasteiger partial charge in [0.05, 0.1) is 13.1 Å². The lowest BCUT2D eigenvalue weighted by atomic mass is 10.3. The van der Waals surface area contributed by atoms with E-state index in [1.54, 1.807) is 19.6 Å². The number of hydrogen-bond acceptors (Lipinski definition) is 6. The van der Waals surface area contributed by atoms with Crippen LogP contribution < -0.4 is 20.0 Å². The highest BCUT2D eigenvalue weighted by atomic mass is 16.4. The highest BCUT2D eigenvalue weighted by Gasteiger charge is 2.65. The molecule has 0 aromatic carbocycles. The van der Waals surface area contributed by atoms with Crippen molar-refractivity contribution in [2.45, 2.75) is 25.2 Å². The monoisotopic (exact) mass is 368 g/mol. The standard InChI is InChI=1S/C14H20N6O6/c21-9(22)1-3-15-5-17-11-12-19(13(17)25)7-16(4-2-10(23)24)8-20(12)14(26)18(11)6-15/h11-12H,1-8H2,(H,21,22)(H,23,24). The van der Waals surface area contributed by atoms with E-state index in [-0.39, 0.29) is 50.3 Å². The summed E-state index contributed by atoms with van der Waals surface area (Å²) in [5.74, 6) is -2.32. The predicted molar refractivity (Wildman–Crippen MR) is 76.1 cm³/mol. The number of hydrogen-bond donors (Lipinski definition) is 2. The number of carboxylic acids is 2. The van der Waals surface area contributed by atoms with Gasteiger partial charge in [-0.3, -0.25) is 19.6 Å². The fourth-order valence-electron chi connectivity index (χ4n) is 4.35. The number of carbonyl (C=O) groups excluding carboxylic acids is 4. The minimum absolute atomic E-state index is 0.137. The zero-order valence-electron chi connectivity index (χ0n) is 14.0. The number of rotatable bonds is 6. The van der Waals surface area contributed by atoms with Crippen LogP contribution in [-0.2, 0) is 9.59 Å². The fourth-order valence-corrected chi connectivity index (χ4v) is 4.35. The second-order valence-electron chi connectivity index (χ2n) is 7.15. The summed E-state index contributed by atoms with van der Waals surface area (Å²) in [5.41, 5.74) is 0. The summed E-state index contributed by atoms with van der Waals surface area (Å²) in [7, 11) is 0. The lowest BCUT2D eigenvalue weighted by Crippen LogP contribution is -3.18. The van der Waals surface area contributed by atoms with Crippen molar-refractivity contribution in [3.63, 3.8) is 0 Å². The number of nitrogens with one attached hydrogen (secondary N) is 2. The highest BCUT2D eigenvalue weighted by molar-refractivity contribution is 5.85. The van der Waals surface area contributed by atoms with Crippen molar-refractivity contribution < 1.29 is 39.2 Å².